The first kappa shape index (κ1) is 13.8. The first-order valence-corrected chi connectivity index (χ1v) is 6.93. The van der Waals surface area contributed by atoms with E-state index >= 15 is 0 Å². The van der Waals surface area contributed by atoms with Gasteiger partial charge in [0.15, 0.2) is 0 Å². The fourth-order valence-electron chi connectivity index (χ4n) is 2.37. The van der Waals surface area contributed by atoms with Crippen molar-refractivity contribution in [3.05, 3.63) is 28.2 Å². The van der Waals surface area contributed by atoms with Crippen LogP contribution in [0.2, 0.25) is 0 Å². The average Bonchev–Trinajstić information content (AvgIpc) is 2.37. The summed E-state index contributed by atoms with van der Waals surface area (Å²) in [5.41, 5.74) is 8.04. The van der Waals surface area contributed by atoms with Gasteiger partial charge in [0.2, 0.25) is 0 Å². The number of halogens is 1. The highest BCUT2D eigenvalue weighted by atomic mass is 79.9. The Morgan fingerprint density at radius 3 is 2.94 bits per heavy atom. The molecule has 100 valence electrons. The van der Waals surface area contributed by atoms with Gasteiger partial charge in [-0.05, 0) is 30.7 Å². The van der Waals surface area contributed by atoms with Crippen molar-refractivity contribution >= 4 is 21.6 Å². The lowest BCUT2D eigenvalue weighted by atomic mass is 10.1. The number of rotatable bonds is 3. The van der Waals surface area contributed by atoms with Crippen LogP contribution in [-0.4, -0.2) is 37.0 Å². The Labute approximate surface area is 116 Å². The minimum atomic E-state index is -0.122. The zero-order valence-electron chi connectivity index (χ0n) is 10.5. The topological polar surface area (TPSA) is 58.7 Å². The number of aliphatic hydroxyl groups excluding tert-OH is 1. The van der Waals surface area contributed by atoms with Crippen LogP contribution in [0.5, 0.6) is 0 Å². The molecule has 1 aliphatic rings. The molecular formula is C13H19BrN2O2. The first-order valence-electron chi connectivity index (χ1n) is 6.13. The van der Waals surface area contributed by atoms with E-state index in [2.05, 4.69) is 26.9 Å². The van der Waals surface area contributed by atoms with Gasteiger partial charge in [-0.1, -0.05) is 15.9 Å². The van der Waals surface area contributed by atoms with E-state index < -0.39 is 0 Å². The van der Waals surface area contributed by atoms with Crippen molar-refractivity contribution in [1.29, 1.82) is 0 Å². The van der Waals surface area contributed by atoms with Crippen LogP contribution in [0.15, 0.2) is 22.7 Å². The second-order valence-corrected chi connectivity index (χ2v) is 5.55. The molecule has 5 heteroatoms. The molecule has 2 rings (SSSR count). The molecule has 1 heterocycles. The third-order valence-electron chi connectivity index (χ3n) is 3.13. The fourth-order valence-corrected chi connectivity index (χ4v) is 2.78. The molecule has 0 aromatic heterocycles. The van der Waals surface area contributed by atoms with Gasteiger partial charge in [0.05, 0.1) is 18.8 Å². The molecule has 18 heavy (non-hydrogen) atoms. The molecule has 2 atom stereocenters. The summed E-state index contributed by atoms with van der Waals surface area (Å²) in [5.74, 6) is 0. The third-order valence-corrected chi connectivity index (χ3v) is 3.63. The summed E-state index contributed by atoms with van der Waals surface area (Å²) >= 11 is 3.46. The van der Waals surface area contributed by atoms with E-state index in [-0.39, 0.29) is 18.8 Å². The van der Waals surface area contributed by atoms with E-state index in [0.717, 1.165) is 22.3 Å². The van der Waals surface area contributed by atoms with E-state index in [0.29, 0.717) is 13.1 Å². The van der Waals surface area contributed by atoms with Crippen LogP contribution in [0.25, 0.3) is 0 Å². The summed E-state index contributed by atoms with van der Waals surface area (Å²) in [7, 11) is 0. The number of anilines is 1. The molecule has 1 aromatic carbocycles. The molecule has 4 nitrogen and oxygen atoms in total. The smallest absolute Gasteiger partial charge is 0.0984 e. The van der Waals surface area contributed by atoms with Gasteiger partial charge in [-0.3, -0.25) is 0 Å². The first-order chi connectivity index (χ1) is 8.63. The monoisotopic (exact) mass is 314 g/mol. The maximum atomic E-state index is 9.26. The predicted octanol–water partition coefficient (Wildman–Crippen LogP) is 1.49. The van der Waals surface area contributed by atoms with E-state index in [1.165, 1.54) is 0 Å². The summed E-state index contributed by atoms with van der Waals surface area (Å²) < 4.78 is 6.69. The predicted molar refractivity (Wildman–Crippen MR) is 75.7 cm³/mol. The highest BCUT2D eigenvalue weighted by Crippen LogP contribution is 2.27. The molecule has 1 aromatic rings. The van der Waals surface area contributed by atoms with E-state index in [1.807, 2.05) is 19.1 Å². The van der Waals surface area contributed by atoms with Gasteiger partial charge >= 0.3 is 0 Å². The lowest BCUT2D eigenvalue weighted by Gasteiger charge is -2.38. The average molecular weight is 315 g/mol. The molecule has 0 bridgehead atoms. The molecule has 3 N–H and O–H groups in total. The Kier molecular flexibility index (Phi) is 4.61. The number of hydrogen-bond donors (Lipinski definition) is 2. The van der Waals surface area contributed by atoms with Crippen molar-refractivity contribution in [3.8, 4) is 0 Å². The van der Waals surface area contributed by atoms with Crippen molar-refractivity contribution in [2.75, 3.05) is 24.6 Å². The molecule has 0 radical (unpaired) electrons. The second-order valence-electron chi connectivity index (χ2n) is 4.63. The lowest BCUT2D eigenvalue weighted by molar-refractivity contribution is -0.0421. The number of benzene rings is 1. The molecule has 0 saturated carbocycles. The highest BCUT2D eigenvalue weighted by Gasteiger charge is 2.25. The Morgan fingerprint density at radius 2 is 2.28 bits per heavy atom. The summed E-state index contributed by atoms with van der Waals surface area (Å²) in [6.07, 6.45) is -0.00630. The Balaban J connectivity index is 2.24. The maximum absolute atomic E-state index is 9.26. The lowest BCUT2D eigenvalue weighted by Crippen LogP contribution is -2.48. The molecule has 0 aliphatic carbocycles. The quantitative estimate of drug-likeness (QED) is 0.887. The molecular weight excluding hydrogens is 296 g/mol. The maximum Gasteiger partial charge on any atom is 0.0984 e. The van der Waals surface area contributed by atoms with Gasteiger partial charge in [0.25, 0.3) is 0 Å². The summed E-state index contributed by atoms with van der Waals surface area (Å²) in [5, 5.41) is 9.26. The van der Waals surface area contributed by atoms with Crippen LogP contribution in [0.1, 0.15) is 12.5 Å². The van der Waals surface area contributed by atoms with E-state index in [9.17, 15) is 5.11 Å². The van der Waals surface area contributed by atoms with Crippen molar-refractivity contribution in [2.24, 2.45) is 5.73 Å². The zero-order valence-corrected chi connectivity index (χ0v) is 12.1. The number of nitrogens with zero attached hydrogens (tertiary/aromatic N) is 1. The molecule has 1 saturated heterocycles. The van der Waals surface area contributed by atoms with Crippen LogP contribution < -0.4 is 10.6 Å². The Bertz CT molecular complexity index is 414. The molecule has 1 aliphatic heterocycles. The van der Waals surface area contributed by atoms with Crippen molar-refractivity contribution in [2.45, 2.75) is 25.7 Å². The SMILES string of the molecule is CC1CN(c2ccc(Br)cc2CN)CC(CO)O1. The van der Waals surface area contributed by atoms with Gasteiger partial charge in [-0.25, -0.2) is 0 Å². The largest absolute Gasteiger partial charge is 0.394 e. The molecule has 0 amide bonds. The van der Waals surface area contributed by atoms with Gasteiger partial charge < -0.3 is 20.5 Å². The summed E-state index contributed by atoms with van der Waals surface area (Å²) in [6.45, 7) is 4.11. The van der Waals surface area contributed by atoms with Crippen LogP contribution in [0.3, 0.4) is 0 Å². The third kappa shape index (κ3) is 3.03. The molecule has 0 spiro atoms. The molecule has 1 fully saturated rings. The normalized spacial score (nSPS) is 24.3. The van der Waals surface area contributed by atoms with Gasteiger partial charge in [0.1, 0.15) is 0 Å². The van der Waals surface area contributed by atoms with Crippen LogP contribution in [-0.2, 0) is 11.3 Å². The minimum absolute atomic E-state index is 0.0509. The van der Waals surface area contributed by atoms with Gasteiger partial charge in [-0.2, -0.15) is 0 Å². The van der Waals surface area contributed by atoms with Crippen molar-refractivity contribution < 1.29 is 9.84 Å². The second kappa shape index (κ2) is 6.02. The Morgan fingerprint density at radius 1 is 1.50 bits per heavy atom. The number of morpholine rings is 1. The zero-order chi connectivity index (χ0) is 13.1. The minimum Gasteiger partial charge on any atom is -0.394 e. The van der Waals surface area contributed by atoms with Crippen LogP contribution >= 0.6 is 15.9 Å². The summed E-state index contributed by atoms with van der Waals surface area (Å²) in [6, 6.07) is 6.13. The van der Waals surface area contributed by atoms with Crippen molar-refractivity contribution in [1.82, 2.24) is 0 Å². The van der Waals surface area contributed by atoms with Gasteiger partial charge in [-0.15, -0.1) is 0 Å². The van der Waals surface area contributed by atoms with Crippen LogP contribution in [0, 0.1) is 0 Å². The summed E-state index contributed by atoms with van der Waals surface area (Å²) in [4.78, 5) is 2.24. The van der Waals surface area contributed by atoms with Crippen molar-refractivity contribution in [3.63, 3.8) is 0 Å². The number of hydrogen-bond acceptors (Lipinski definition) is 4. The fraction of sp³-hybridized carbons (Fsp3) is 0.538. The van der Waals surface area contributed by atoms with E-state index in [1.54, 1.807) is 0 Å². The highest BCUT2D eigenvalue weighted by molar-refractivity contribution is 9.10. The van der Waals surface area contributed by atoms with E-state index in [4.69, 9.17) is 10.5 Å². The van der Waals surface area contributed by atoms with Gasteiger partial charge in [0, 0.05) is 29.8 Å². The Hall–Kier alpha value is -0.620. The molecule has 2 unspecified atom stereocenters. The number of aliphatic hydroxyl groups is 1. The number of nitrogens with two attached hydrogens (primary N) is 1. The standard InChI is InChI=1S/C13H19BrN2O2/c1-9-6-16(7-12(8-17)18-9)13-3-2-11(14)4-10(13)5-15/h2-4,9,12,17H,5-8,15H2,1H3. The number of ether oxygens (including phenoxy) is 1. The van der Waals surface area contributed by atoms with Crippen LogP contribution in [0.4, 0.5) is 5.69 Å².